The third-order valence-corrected chi connectivity index (χ3v) is 5.78. The Balaban J connectivity index is 1.67. The molecular formula is C24H26N3O6P. The van der Waals surface area contributed by atoms with Gasteiger partial charge in [0.25, 0.3) is 0 Å². The zero-order chi connectivity index (χ0) is 24.7. The highest BCUT2D eigenvalue weighted by molar-refractivity contribution is 7.34. The molecule has 9 nitrogen and oxygen atoms in total. The number of rotatable bonds is 9. The summed E-state index contributed by atoms with van der Waals surface area (Å²) in [6, 6.07) is 12.6. The second-order valence-corrected chi connectivity index (χ2v) is 8.38. The van der Waals surface area contributed by atoms with Gasteiger partial charge in [0.05, 0.1) is 5.69 Å². The first-order chi connectivity index (χ1) is 16.3. The van der Waals surface area contributed by atoms with E-state index in [9.17, 15) is 14.8 Å². The summed E-state index contributed by atoms with van der Waals surface area (Å²) in [4.78, 5) is 28.9. The second kappa shape index (κ2) is 11.6. The lowest BCUT2D eigenvalue weighted by Crippen LogP contribution is -2.21. The van der Waals surface area contributed by atoms with Crippen LogP contribution >= 0.6 is 8.17 Å². The van der Waals surface area contributed by atoms with Gasteiger partial charge in [-0.15, -0.1) is 0 Å². The van der Waals surface area contributed by atoms with Crippen LogP contribution in [0.3, 0.4) is 0 Å². The Kier molecular flexibility index (Phi) is 8.54. The molecule has 1 aromatic heterocycles. The molecular weight excluding hydrogens is 457 g/mol. The van der Waals surface area contributed by atoms with Crippen LogP contribution in [0, 0.1) is 13.8 Å². The maximum Gasteiger partial charge on any atom is 0.395 e. The van der Waals surface area contributed by atoms with Crippen molar-refractivity contribution in [1.82, 2.24) is 4.98 Å². The van der Waals surface area contributed by atoms with Crippen LogP contribution in [0.2, 0.25) is 0 Å². The van der Waals surface area contributed by atoms with Crippen molar-refractivity contribution in [3.8, 4) is 23.0 Å². The van der Waals surface area contributed by atoms with E-state index in [4.69, 9.17) is 19.7 Å². The van der Waals surface area contributed by atoms with E-state index in [-0.39, 0.29) is 24.7 Å². The van der Waals surface area contributed by atoms with Gasteiger partial charge in [-0.3, -0.25) is 9.51 Å². The Labute approximate surface area is 198 Å². The van der Waals surface area contributed by atoms with Gasteiger partial charge in [-0.05, 0) is 45.0 Å². The lowest BCUT2D eigenvalue weighted by Gasteiger charge is -2.13. The Bertz CT molecular complexity index is 1180. The molecule has 0 saturated heterocycles. The van der Waals surface area contributed by atoms with E-state index in [1.54, 1.807) is 49.5 Å². The summed E-state index contributed by atoms with van der Waals surface area (Å²) in [5.74, 6) is 0.243. The highest BCUT2D eigenvalue weighted by Gasteiger charge is 2.21. The molecule has 0 radical (unpaired) electrons. The van der Waals surface area contributed by atoms with Crippen LogP contribution in [-0.2, 0) is 17.9 Å². The van der Waals surface area contributed by atoms with E-state index >= 15 is 0 Å². The highest BCUT2D eigenvalue weighted by Crippen LogP contribution is 2.34. The molecule has 1 unspecified atom stereocenters. The maximum atomic E-state index is 12.5. The molecule has 2 aromatic carbocycles. The SMILES string of the molecule is Cc1ccc(OC(=O)[C@H](C)N=[P+]([O-])Oc2ccccc2OCc2cnc(C)c(O)c2CN)cc1. The van der Waals surface area contributed by atoms with Gasteiger partial charge in [-0.25, -0.2) is 4.79 Å². The van der Waals surface area contributed by atoms with Gasteiger partial charge in [0.15, 0.2) is 11.8 Å². The first-order valence-corrected chi connectivity index (χ1v) is 11.6. The molecule has 0 amide bonds. The van der Waals surface area contributed by atoms with Gasteiger partial charge in [-0.2, -0.15) is 0 Å². The van der Waals surface area contributed by atoms with Crippen LogP contribution in [0.5, 0.6) is 23.0 Å². The molecule has 34 heavy (non-hydrogen) atoms. The number of pyridine rings is 1. The lowest BCUT2D eigenvalue weighted by molar-refractivity contribution is -0.169. The lowest BCUT2D eigenvalue weighted by atomic mass is 10.1. The van der Waals surface area contributed by atoms with Crippen LogP contribution in [-0.4, -0.2) is 22.1 Å². The summed E-state index contributed by atoms with van der Waals surface area (Å²) >= 11 is 0. The summed E-state index contributed by atoms with van der Waals surface area (Å²) in [6.07, 6.45) is 1.58. The fourth-order valence-electron chi connectivity index (χ4n) is 2.94. The monoisotopic (exact) mass is 483 g/mol. The van der Waals surface area contributed by atoms with E-state index in [2.05, 4.69) is 9.73 Å². The quantitative estimate of drug-likeness (QED) is 0.267. The van der Waals surface area contributed by atoms with Crippen molar-refractivity contribution < 1.29 is 28.8 Å². The number of esters is 1. The van der Waals surface area contributed by atoms with Crippen LogP contribution < -0.4 is 24.6 Å². The molecule has 3 rings (SSSR count). The molecule has 0 spiro atoms. The Morgan fingerprint density at radius 2 is 1.85 bits per heavy atom. The van der Waals surface area contributed by atoms with Crippen LogP contribution in [0.25, 0.3) is 0 Å². The average Bonchev–Trinajstić information content (AvgIpc) is 2.82. The van der Waals surface area contributed by atoms with Crippen LogP contribution in [0.1, 0.15) is 29.3 Å². The van der Waals surface area contributed by atoms with E-state index < -0.39 is 20.2 Å². The van der Waals surface area contributed by atoms with Crippen molar-refractivity contribution in [3.05, 3.63) is 77.1 Å². The minimum absolute atomic E-state index is 0.0292. The number of nitrogens with two attached hydrogens (primary N) is 1. The molecule has 178 valence electrons. The van der Waals surface area contributed by atoms with Gasteiger partial charge in [-0.1, -0.05) is 34.6 Å². The zero-order valence-corrected chi connectivity index (χ0v) is 20.0. The fourth-order valence-corrected chi connectivity index (χ4v) is 3.68. The van der Waals surface area contributed by atoms with Crippen LogP contribution in [0.15, 0.2) is 59.5 Å². The molecule has 0 fully saturated rings. The molecule has 3 N–H and O–H groups in total. The minimum Gasteiger partial charge on any atom is -0.575 e. The molecule has 0 aliphatic carbocycles. The van der Waals surface area contributed by atoms with Crippen LogP contribution in [0.4, 0.5) is 0 Å². The van der Waals surface area contributed by atoms with Crippen molar-refractivity contribution in [2.75, 3.05) is 0 Å². The van der Waals surface area contributed by atoms with Crippen molar-refractivity contribution in [2.24, 2.45) is 10.5 Å². The number of hydrogen-bond acceptors (Lipinski definition) is 9. The predicted octanol–water partition coefficient (Wildman–Crippen LogP) is 3.67. The van der Waals surface area contributed by atoms with Gasteiger partial charge in [0.2, 0.25) is 5.75 Å². The summed E-state index contributed by atoms with van der Waals surface area (Å²) in [5.41, 5.74) is 8.41. The fraction of sp³-hybridized carbons (Fsp3) is 0.250. The normalized spacial score (nSPS) is 12.2. The standard InChI is InChI=1S/C24H26N3O6P/c1-15-8-10-19(11-9-15)32-24(29)17(3)27-34(30)33-22-7-5-4-6-21(22)31-14-18-13-26-16(2)23(28)20(18)12-25/h4-11,13,17,28H,12,14,25H2,1-3H3/t17-/m0/s1. The minimum atomic E-state index is -2.59. The van der Waals surface area contributed by atoms with Gasteiger partial charge in [0.1, 0.15) is 18.1 Å². The number of aromatic hydroxyl groups is 1. The Hall–Kier alpha value is -3.52. The maximum absolute atomic E-state index is 12.5. The molecule has 0 bridgehead atoms. The van der Waals surface area contributed by atoms with E-state index in [0.717, 1.165) is 5.56 Å². The summed E-state index contributed by atoms with van der Waals surface area (Å²) in [5, 5.41) is 10.2. The molecule has 0 aliphatic rings. The predicted molar refractivity (Wildman–Crippen MR) is 126 cm³/mol. The number of para-hydroxylation sites is 2. The summed E-state index contributed by atoms with van der Waals surface area (Å²) < 4.78 is 20.4. The molecule has 0 saturated carbocycles. The highest BCUT2D eigenvalue weighted by atomic mass is 31.1. The third kappa shape index (κ3) is 6.51. The van der Waals surface area contributed by atoms with Crippen molar-refractivity contribution in [2.45, 2.75) is 40.0 Å². The largest absolute Gasteiger partial charge is 0.575 e. The molecule has 3 aromatic rings. The van der Waals surface area contributed by atoms with Gasteiger partial charge >= 0.3 is 14.1 Å². The Morgan fingerprint density at radius 3 is 2.53 bits per heavy atom. The van der Waals surface area contributed by atoms with Gasteiger partial charge in [0, 0.05) is 23.9 Å². The molecule has 2 atom stereocenters. The number of carbonyl (C=O) groups excluding carboxylic acids is 1. The number of hydrogen-bond donors (Lipinski definition) is 2. The number of aromatic nitrogens is 1. The Morgan fingerprint density at radius 1 is 1.18 bits per heavy atom. The average molecular weight is 483 g/mol. The van der Waals surface area contributed by atoms with Gasteiger partial charge < -0.3 is 25.2 Å². The second-order valence-electron chi connectivity index (χ2n) is 7.49. The summed E-state index contributed by atoms with van der Waals surface area (Å²) in [7, 11) is -2.59. The third-order valence-electron chi connectivity index (χ3n) is 4.89. The molecule has 10 heteroatoms. The van der Waals surface area contributed by atoms with E-state index in [1.807, 2.05) is 19.1 Å². The number of aryl methyl sites for hydroxylation is 2. The van der Waals surface area contributed by atoms with Crippen molar-refractivity contribution in [3.63, 3.8) is 0 Å². The smallest absolute Gasteiger partial charge is 0.395 e. The van der Waals surface area contributed by atoms with Crippen molar-refractivity contribution in [1.29, 1.82) is 0 Å². The topological polar surface area (TPSA) is 139 Å². The summed E-state index contributed by atoms with van der Waals surface area (Å²) in [6.45, 7) is 5.25. The number of ether oxygens (including phenoxy) is 2. The first kappa shape index (κ1) is 25.1. The number of nitrogens with zero attached hydrogens (tertiary/aromatic N) is 2. The zero-order valence-electron chi connectivity index (χ0n) is 19.1. The van der Waals surface area contributed by atoms with E-state index in [1.165, 1.54) is 6.92 Å². The first-order valence-electron chi connectivity index (χ1n) is 10.5. The molecule has 0 aliphatic heterocycles. The number of benzene rings is 2. The van der Waals surface area contributed by atoms with E-state index in [0.29, 0.717) is 28.3 Å². The number of carbonyl (C=O) groups is 1. The molecule has 1 heterocycles. The van der Waals surface area contributed by atoms with Crippen molar-refractivity contribution >= 4 is 14.1 Å².